The fraction of sp³-hybridized carbons (Fsp3) is 0.385. The van der Waals surface area contributed by atoms with Crippen molar-refractivity contribution >= 4 is 29.1 Å². The topological polar surface area (TPSA) is 73.8 Å². The number of aryl methyl sites for hydroxylation is 1. The van der Waals surface area contributed by atoms with Crippen LogP contribution in [0.25, 0.3) is 0 Å². The van der Waals surface area contributed by atoms with E-state index in [4.69, 9.17) is 11.6 Å². The van der Waals surface area contributed by atoms with Crippen molar-refractivity contribution in [2.45, 2.75) is 42.3 Å². The van der Waals surface area contributed by atoms with E-state index in [0.29, 0.717) is 10.1 Å². The minimum absolute atomic E-state index is 0.0739. The Morgan fingerprint density at radius 3 is 2.95 bits per heavy atom. The molecule has 0 bridgehead atoms. The predicted molar refractivity (Wildman–Crippen MR) is 79.8 cm³/mol. The van der Waals surface area contributed by atoms with Crippen molar-refractivity contribution in [3.05, 3.63) is 39.2 Å². The van der Waals surface area contributed by atoms with Crippen molar-refractivity contribution in [2.24, 2.45) is 0 Å². The molecule has 0 aliphatic carbocycles. The van der Waals surface area contributed by atoms with Crippen molar-refractivity contribution in [2.75, 3.05) is 0 Å². The van der Waals surface area contributed by atoms with E-state index >= 15 is 0 Å². The normalized spacial score (nSPS) is 14.5. The van der Waals surface area contributed by atoms with E-state index in [1.54, 1.807) is 12.1 Å². The third kappa shape index (κ3) is 2.89. The highest BCUT2D eigenvalue weighted by Gasteiger charge is 2.22. The fourth-order valence-electron chi connectivity index (χ4n) is 2.39. The maximum atomic E-state index is 11.2. The molecule has 0 N–H and O–H groups in total. The molecule has 3 rings (SSSR count). The maximum Gasteiger partial charge on any atom is 0.301 e. The number of benzene rings is 1. The molecule has 0 atom stereocenters. The zero-order valence-corrected chi connectivity index (χ0v) is 12.7. The smallest absolute Gasteiger partial charge is 0.301 e. The van der Waals surface area contributed by atoms with E-state index in [1.165, 1.54) is 24.2 Å². The van der Waals surface area contributed by atoms with Gasteiger partial charge in [-0.25, -0.2) is 0 Å². The van der Waals surface area contributed by atoms with Gasteiger partial charge in [-0.05, 0) is 36.7 Å². The van der Waals surface area contributed by atoms with Crippen LogP contribution in [0.2, 0.25) is 5.02 Å². The minimum atomic E-state index is -0.454. The number of hydrogen-bond acceptors (Lipinski definition) is 5. The summed E-state index contributed by atoms with van der Waals surface area (Å²) < 4.78 is 2.06. The molecule has 21 heavy (non-hydrogen) atoms. The average Bonchev–Trinajstić information content (AvgIpc) is 2.68. The standard InChI is InChI=1S/C13H13ClN4O2S/c14-9-5-4-6-10(12(9)18(19)20)21-13-16-15-11-7-2-1-3-8-17(11)13/h4-6H,1-3,7-8H2. The Hall–Kier alpha value is -1.60. The fourth-order valence-corrected chi connectivity index (χ4v) is 3.70. The average molecular weight is 325 g/mol. The van der Waals surface area contributed by atoms with Crippen molar-refractivity contribution in [1.82, 2.24) is 14.8 Å². The molecule has 2 heterocycles. The highest BCUT2D eigenvalue weighted by molar-refractivity contribution is 7.99. The molecule has 0 radical (unpaired) electrons. The Bertz CT molecular complexity index is 689. The van der Waals surface area contributed by atoms with E-state index in [-0.39, 0.29) is 10.7 Å². The van der Waals surface area contributed by atoms with Gasteiger partial charge in [-0.2, -0.15) is 0 Å². The van der Waals surface area contributed by atoms with Gasteiger partial charge < -0.3 is 4.57 Å². The number of rotatable bonds is 3. The van der Waals surface area contributed by atoms with Gasteiger partial charge in [0.15, 0.2) is 5.16 Å². The summed E-state index contributed by atoms with van der Waals surface area (Å²) >= 11 is 7.19. The molecule has 0 saturated heterocycles. The maximum absolute atomic E-state index is 11.2. The number of nitro benzene ring substituents is 1. The summed E-state index contributed by atoms with van der Waals surface area (Å²) in [5, 5.41) is 20.4. The zero-order chi connectivity index (χ0) is 14.8. The van der Waals surface area contributed by atoms with E-state index in [0.717, 1.165) is 31.6 Å². The molecule has 1 aliphatic rings. The highest BCUT2D eigenvalue weighted by atomic mass is 35.5. The van der Waals surface area contributed by atoms with Crippen molar-refractivity contribution in [3.8, 4) is 0 Å². The second-order valence-electron chi connectivity index (χ2n) is 4.81. The van der Waals surface area contributed by atoms with Gasteiger partial charge in [-0.15, -0.1) is 10.2 Å². The van der Waals surface area contributed by atoms with Crippen molar-refractivity contribution in [1.29, 1.82) is 0 Å². The number of nitrogens with zero attached hydrogens (tertiary/aromatic N) is 4. The molecule has 1 aromatic carbocycles. The summed E-state index contributed by atoms with van der Waals surface area (Å²) in [5.74, 6) is 0.958. The molecule has 0 spiro atoms. The molecule has 110 valence electrons. The summed E-state index contributed by atoms with van der Waals surface area (Å²) in [6, 6.07) is 4.92. The van der Waals surface area contributed by atoms with Crippen LogP contribution in [0.15, 0.2) is 28.3 Å². The first kappa shape index (κ1) is 14.3. The zero-order valence-electron chi connectivity index (χ0n) is 11.2. The molecule has 1 aromatic heterocycles. The van der Waals surface area contributed by atoms with Crippen LogP contribution < -0.4 is 0 Å². The Kier molecular flexibility index (Phi) is 4.12. The lowest BCUT2D eigenvalue weighted by Crippen LogP contribution is -2.02. The van der Waals surface area contributed by atoms with E-state index in [2.05, 4.69) is 14.8 Å². The summed E-state index contributed by atoms with van der Waals surface area (Å²) in [7, 11) is 0. The number of hydrogen-bond donors (Lipinski definition) is 0. The first-order valence-electron chi connectivity index (χ1n) is 6.69. The van der Waals surface area contributed by atoms with Crippen LogP contribution in [0.3, 0.4) is 0 Å². The lowest BCUT2D eigenvalue weighted by atomic mass is 10.2. The lowest BCUT2D eigenvalue weighted by Gasteiger charge is -2.07. The second-order valence-corrected chi connectivity index (χ2v) is 6.22. The molecule has 1 aliphatic heterocycles. The van der Waals surface area contributed by atoms with Crippen LogP contribution >= 0.6 is 23.4 Å². The Labute approximate surface area is 130 Å². The molecule has 8 heteroatoms. The molecule has 0 amide bonds. The van der Waals surface area contributed by atoms with Crippen LogP contribution in [0.5, 0.6) is 0 Å². The van der Waals surface area contributed by atoms with Gasteiger partial charge in [0.25, 0.3) is 0 Å². The highest BCUT2D eigenvalue weighted by Crippen LogP contribution is 2.38. The predicted octanol–water partition coefficient (Wildman–Crippen LogP) is 3.72. The van der Waals surface area contributed by atoms with Crippen LogP contribution in [0, 0.1) is 10.1 Å². The van der Waals surface area contributed by atoms with Crippen LogP contribution in [0.1, 0.15) is 25.1 Å². The van der Waals surface area contributed by atoms with Gasteiger partial charge in [-0.1, -0.05) is 24.1 Å². The molecule has 6 nitrogen and oxygen atoms in total. The summed E-state index contributed by atoms with van der Waals surface area (Å²) in [6.07, 6.45) is 4.27. The monoisotopic (exact) mass is 324 g/mol. The van der Waals surface area contributed by atoms with E-state index in [9.17, 15) is 10.1 Å². The number of nitro groups is 1. The van der Waals surface area contributed by atoms with Gasteiger partial charge in [0, 0.05) is 13.0 Å². The molecule has 2 aromatic rings. The SMILES string of the molecule is O=[N+]([O-])c1c(Cl)cccc1Sc1nnc2n1CCCCC2. The van der Waals surface area contributed by atoms with Gasteiger partial charge >= 0.3 is 5.69 Å². The summed E-state index contributed by atoms with van der Waals surface area (Å²) in [6.45, 7) is 0.860. The van der Waals surface area contributed by atoms with Crippen LogP contribution in [-0.4, -0.2) is 19.7 Å². The Morgan fingerprint density at radius 1 is 1.29 bits per heavy atom. The van der Waals surface area contributed by atoms with Crippen molar-refractivity contribution in [3.63, 3.8) is 0 Å². The van der Waals surface area contributed by atoms with Gasteiger partial charge in [0.05, 0.1) is 9.82 Å². The Balaban J connectivity index is 1.96. The lowest BCUT2D eigenvalue weighted by molar-refractivity contribution is -0.387. The first-order chi connectivity index (χ1) is 10.2. The third-order valence-corrected chi connectivity index (χ3v) is 4.75. The van der Waals surface area contributed by atoms with E-state index < -0.39 is 4.92 Å². The summed E-state index contributed by atoms with van der Waals surface area (Å²) in [5.41, 5.74) is -0.0739. The largest absolute Gasteiger partial charge is 0.306 e. The molecule has 0 saturated carbocycles. The van der Waals surface area contributed by atoms with Crippen molar-refractivity contribution < 1.29 is 4.92 Å². The molecule has 0 unspecified atom stereocenters. The molecular formula is C13H13ClN4O2S. The van der Waals surface area contributed by atoms with Crippen LogP contribution in [0.4, 0.5) is 5.69 Å². The number of halogens is 1. The first-order valence-corrected chi connectivity index (χ1v) is 7.89. The molecule has 0 fully saturated rings. The Morgan fingerprint density at radius 2 is 2.14 bits per heavy atom. The van der Waals surface area contributed by atoms with Crippen LogP contribution in [-0.2, 0) is 13.0 Å². The second kappa shape index (κ2) is 6.03. The van der Waals surface area contributed by atoms with Gasteiger partial charge in [0.2, 0.25) is 0 Å². The number of aromatic nitrogens is 3. The number of para-hydroxylation sites is 1. The number of fused-ring (bicyclic) bond motifs is 1. The third-order valence-electron chi connectivity index (χ3n) is 3.41. The van der Waals surface area contributed by atoms with Gasteiger partial charge in [0.1, 0.15) is 10.8 Å². The van der Waals surface area contributed by atoms with E-state index in [1.807, 2.05) is 0 Å². The van der Waals surface area contributed by atoms with Gasteiger partial charge in [-0.3, -0.25) is 10.1 Å². The quantitative estimate of drug-likeness (QED) is 0.635. The minimum Gasteiger partial charge on any atom is -0.306 e. The molecular weight excluding hydrogens is 312 g/mol. The summed E-state index contributed by atoms with van der Waals surface area (Å²) in [4.78, 5) is 11.2.